The lowest BCUT2D eigenvalue weighted by atomic mass is 10.2. The second-order valence-electron chi connectivity index (χ2n) is 4.51. The number of nitrogens with zero attached hydrogens (tertiary/aromatic N) is 1. The van der Waals surface area contributed by atoms with Crippen LogP contribution in [0.4, 0.5) is 0 Å². The van der Waals surface area contributed by atoms with Gasteiger partial charge in [0.2, 0.25) is 0 Å². The Morgan fingerprint density at radius 2 is 2.11 bits per heavy atom. The molecule has 1 N–H and O–H groups in total. The SMILES string of the molecule is CCCCOCCn1c(C(=O)O)cc2ccccc21. The largest absolute Gasteiger partial charge is 0.477 e. The van der Waals surface area contributed by atoms with Crippen LogP contribution in [-0.4, -0.2) is 28.9 Å². The van der Waals surface area contributed by atoms with Crippen LogP contribution in [0.3, 0.4) is 0 Å². The van der Waals surface area contributed by atoms with Crippen LogP contribution in [-0.2, 0) is 11.3 Å². The monoisotopic (exact) mass is 261 g/mol. The zero-order valence-corrected chi connectivity index (χ0v) is 11.1. The first-order valence-corrected chi connectivity index (χ1v) is 6.63. The number of aromatic carboxylic acids is 1. The van der Waals surface area contributed by atoms with Crippen LogP contribution in [0.5, 0.6) is 0 Å². The molecule has 1 heterocycles. The summed E-state index contributed by atoms with van der Waals surface area (Å²) in [6, 6.07) is 9.41. The molecular formula is C15H19NO3. The molecule has 0 bridgehead atoms. The highest BCUT2D eigenvalue weighted by Crippen LogP contribution is 2.19. The molecule has 0 aliphatic heterocycles. The first-order chi connectivity index (χ1) is 9.24. The van der Waals surface area contributed by atoms with E-state index in [-0.39, 0.29) is 0 Å². The molecule has 0 amide bonds. The molecule has 0 aliphatic rings. The van der Waals surface area contributed by atoms with Gasteiger partial charge in [0.1, 0.15) is 5.69 Å². The summed E-state index contributed by atoms with van der Waals surface area (Å²) in [5, 5.41) is 10.2. The molecule has 0 aliphatic carbocycles. The Morgan fingerprint density at radius 1 is 1.32 bits per heavy atom. The highest BCUT2D eigenvalue weighted by molar-refractivity contribution is 5.94. The molecule has 0 unspecified atom stereocenters. The lowest BCUT2D eigenvalue weighted by Gasteiger charge is -2.09. The molecule has 0 saturated carbocycles. The van der Waals surface area contributed by atoms with Crippen molar-refractivity contribution in [2.45, 2.75) is 26.3 Å². The van der Waals surface area contributed by atoms with Gasteiger partial charge >= 0.3 is 5.97 Å². The maximum absolute atomic E-state index is 11.3. The van der Waals surface area contributed by atoms with Crippen molar-refractivity contribution in [3.05, 3.63) is 36.0 Å². The van der Waals surface area contributed by atoms with Crippen molar-refractivity contribution in [2.75, 3.05) is 13.2 Å². The van der Waals surface area contributed by atoms with Gasteiger partial charge in [0, 0.05) is 24.1 Å². The van der Waals surface area contributed by atoms with Gasteiger partial charge < -0.3 is 14.4 Å². The minimum atomic E-state index is -0.898. The zero-order valence-electron chi connectivity index (χ0n) is 11.1. The Hall–Kier alpha value is -1.81. The molecule has 102 valence electrons. The predicted octanol–water partition coefficient (Wildman–Crippen LogP) is 3.16. The van der Waals surface area contributed by atoms with Crippen LogP contribution in [0.2, 0.25) is 0 Å². The summed E-state index contributed by atoms with van der Waals surface area (Å²) in [5.74, 6) is -0.898. The normalized spacial score (nSPS) is 11.0. The second kappa shape index (κ2) is 6.38. The summed E-state index contributed by atoms with van der Waals surface area (Å²) in [6.07, 6.45) is 2.14. The van der Waals surface area contributed by atoms with E-state index in [1.807, 2.05) is 28.8 Å². The van der Waals surface area contributed by atoms with Crippen molar-refractivity contribution in [2.24, 2.45) is 0 Å². The van der Waals surface area contributed by atoms with Crippen molar-refractivity contribution in [3.63, 3.8) is 0 Å². The van der Waals surface area contributed by atoms with Crippen LogP contribution in [0.25, 0.3) is 10.9 Å². The van der Waals surface area contributed by atoms with E-state index >= 15 is 0 Å². The van der Waals surface area contributed by atoms with Gasteiger partial charge in [0.05, 0.1) is 6.61 Å². The van der Waals surface area contributed by atoms with E-state index in [0.29, 0.717) is 18.8 Å². The third-order valence-electron chi connectivity index (χ3n) is 3.13. The van der Waals surface area contributed by atoms with Crippen molar-refractivity contribution in [1.29, 1.82) is 0 Å². The Labute approximate surface area is 112 Å². The van der Waals surface area contributed by atoms with Gasteiger partial charge in [-0.2, -0.15) is 0 Å². The Bertz CT molecular complexity index is 560. The van der Waals surface area contributed by atoms with Crippen LogP contribution >= 0.6 is 0 Å². The van der Waals surface area contributed by atoms with Crippen molar-refractivity contribution in [1.82, 2.24) is 4.57 Å². The van der Waals surface area contributed by atoms with Crippen LogP contribution < -0.4 is 0 Å². The van der Waals surface area contributed by atoms with Crippen LogP contribution in [0.1, 0.15) is 30.3 Å². The molecule has 0 radical (unpaired) electrons. The van der Waals surface area contributed by atoms with Gasteiger partial charge in [-0.1, -0.05) is 31.5 Å². The van der Waals surface area contributed by atoms with E-state index in [1.165, 1.54) is 0 Å². The van der Waals surface area contributed by atoms with Gasteiger partial charge in [0.25, 0.3) is 0 Å². The van der Waals surface area contributed by atoms with Crippen LogP contribution in [0.15, 0.2) is 30.3 Å². The van der Waals surface area contributed by atoms with Gasteiger partial charge in [-0.05, 0) is 18.6 Å². The second-order valence-corrected chi connectivity index (χ2v) is 4.51. The molecule has 2 rings (SSSR count). The molecule has 2 aromatic rings. The Balaban J connectivity index is 2.15. The number of carboxylic acid groups (broad SMARTS) is 1. The van der Waals surface area contributed by atoms with Crippen molar-refractivity contribution < 1.29 is 14.6 Å². The number of unbranched alkanes of at least 4 members (excludes halogenated alkanes) is 1. The molecule has 0 saturated heterocycles. The standard InChI is InChI=1S/C15H19NO3/c1-2-3-9-19-10-8-16-13-7-5-4-6-12(13)11-14(16)15(17)18/h4-7,11H,2-3,8-10H2,1H3,(H,17,18). The number of hydrogen-bond donors (Lipinski definition) is 1. The topological polar surface area (TPSA) is 51.5 Å². The lowest BCUT2D eigenvalue weighted by Crippen LogP contribution is -2.12. The highest BCUT2D eigenvalue weighted by Gasteiger charge is 2.13. The van der Waals surface area contributed by atoms with Crippen LogP contribution in [0, 0.1) is 0 Å². The molecule has 1 aromatic carbocycles. The number of rotatable bonds is 7. The highest BCUT2D eigenvalue weighted by atomic mass is 16.5. The fourth-order valence-electron chi connectivity index (χ4n) is 2.13. The maximum Gasteiger partial charge on any atom is 0.352 e. The average Bonchev–Trinajstić information content (AvgIpc) is 2.78. The molecule has 0 atom stereocenters. The van der Waals surface area contributed by atoms with E-state index in [9.17, 15) is 9.90 Å². The fourth-order valence-corrected chi connectivity index (χ4v) is 2.13. The number of hydrogen-bond acceptors (Lipinski definition) is 2. The summed E-state index contributed by atoms with van der Waals surface area (Å²) >= 11 is 0. The number of ether oxygens (including phenoxy) is 1. The van der Waals surface area contributed by atoms with E-state index in [4.69, 9.17) is 4.74 Å². The zero-order chi connectivity index (χ0) is 13.7. The quantitative estimate of drug-likeness (QED) is 0.779. The van der Waals surface area contributed by atoms with E-state index < -0.39 is 5.97 Å². The van der Waals surface area contributed by atoms with Crippen molar-refractivity contribution in [3.8, 4) is 0 Å². The summed E-state index contributed by atoms with van der Waals surface area (Å²) in [7, 11) is 0. The number of carboxylic acids is 1. The third kappa shape index (κ3) is 3.15. The Kier molecular flexibility index (Phi) is 4.58. The summed E-state index contributed by atoms with van der Waals surface area (Å²) in [4.78, 5) is 11.3. The molecule has 1 aromatic heterocycles. The van der Waals surface area contributed by atoms with Gasteiger partial charge in [-0.3, -0.25) is 0 Å². The molecule has 4 nitrogen and oxygen atoms in total. The summed E-state index contributed by atoms with van der Waals surface area (Å²) in [5.41, 5.74) is 1.26. The van der Waals surface area contributed by atoms with E-state index in [1.54, 1.807) is 6.07 Å². The fraction of sp³-hybridized carbons (Fsp3) is 0.400. The molecule has 4 heteroatoms. The smallest absolute Gasteiger partial charge is 0.352 e. The number of aromatic nitrogens is 1. The number of carbonyl (C=O) groups is 1. The molecule has 0 spiro atoms. The molecular weight excluding hydrogens is 242 g/mol. The maximum atomic E-state index is 11.3. The van der Waals surface area contributed by atoms with E-state index in [0.717, 1.165) is 30.4 Å². The minimum Gasteiger partial charge on any atom is -0.477 e. The third-order valence-corrected chi connectivity index (χ3v) is 3.13. The minimum absolute atomic E-state index is 0.320. The Morgan fingerprint density at radius 3 is 2.84 bits per heavy atom. The predicted molar refractivity (Wildman–Crippen MR) is 74.6 cm³/mol. The summed E-state index contributed by atoms with van der Waals surface area (Å²) < 4.78 is 7.33. The molecule has 19 heavy (non-hydrogen) atoms. The summed E-state index contributed by atoms with van der Waals surface area (Å²) in [6.45, 7) is 3.96. The average molecular weight is 261 g/mol. The van der Waals surface area contributed by atoms with Gasteiger partial charge in [-0.25, -0.2) is 4.79 Å². The number of fused-ring (bicyclic) bond motifs is 1. The van der Waals surface area contributed by atoms with Gasteiger partial charge in [0.15, 0.2) is 0 Å². The first kappa shape index (κ1) is 13.6. The molecule has 0 fully saturated rings. The number of benzene rings is 1. The number of para-hydroxylation sites is 1. The van der Waals surface area contributed by atoms with Gasteiger partial charge in [-0.15, -0.1) is 0 Å². The van der Waals surface area contributed by atoms with Crippen molar-refractivity contribution >= 4 is 16.9 Å². The van der Waals surface area contributed by atoms with E-state index in [2.05, 4.69) is 6.92 Å². The first-order valence-electron chi connectivity index (χ1n) is 6.63. The lowest BCUT2D eigenvalue weighted by molar-refractivity contribution is 0.0681.